The second-order valence-corrected chi connectivity index (χ2v) is 13.3. The number of carboxylic acid groups (broad SMARTS) is 1. The number of amides is 1. The highest BCUT2D eigenvalue weighted by Crippen LogP contribution is 2.15. The highest BCUT2D eigenvalue weighted by molar-refractivity contribution is 5.83. The molecule has 0 aromatic rings. The molecule has 0 aromatic heterocycles. The molecule has 0 aliphatic rings. The van der Waals surface area contributed by atoms with Gasteiger partial charge in [-0.2, -0.15) is 0 Å². The number of aliphatic carboxylic acids is 1. The summed E-state index contributed by atoms with van der Waals surface area (Å²) in [6.45, 7) is 4.69. The lowest BCUT2D eigenvalue weighted by Crippen LogP contribution is -2.40. The third-order valence-corrected chi connectivity index (χ3v) is 8.44. The third kappa shape index (κ3) is 35.0. The lowest BCUT2D eigenvalue weighted by atomic mass is 10.0. The van der Waals surface area contributed by atoms with Gasteiger partial charge in [-0.05, 0) is 109 Å². The number of hydrogen-bond acceptors (Lipinski definition) is 5. The van der Waals surface area contributed by atoms with Gasteiger partial charge in [0.1, 0.15) is 12.1 Å². The Bertz CT molecular complexity index is 1090. The van der Waals surface area contributed by atoms with Crippen LogP contribution in [0.4, 0.5) is 0 Å². The first-order valence-electron chi connectivity index (χ1n) is 20.4. The van der Waals surface area contributed by atoms with Gasteiger partial charge in [0.05, 0.1) is 0 Å². The molecule has 1 amide bonds. The zero-order chi connectivity index (χ0) is 38.2. The summed E-state index contributed by atoms with van der Waals surface area (Å²) in [7, 11) is 0. The van der Waals surface area contributed by atoms with E-state index in [0.29, 0.717) is 32.2 Å². The molecule has 7 heteroatoms. The summed E-state index contributed by atoms with van der Waals surface area (Å²) in [4.78, 5) is 36.2. The molecular formula is C45H74N2O5. The van der Waals surface area contributed by atoms with Gasteiger partial charge in [0, 0.05) is 12.8 Å². The molecule has 0 saturated heterocycles. The Kier molecular flexibility index (Phi) is 36.2. The molecule has 4 N–H and O–H groups in total. The van der Waals surface area contributed by atoms with Crippen molar-refractivity contribution in [1.29, 1.82) is 0 Å². The number of esters is 1. The molecule has 2 atom stereocenters. The van der Waals surface area contributed by atoms with Crippen molar-refractivity contribution in [3.8, 4) is 0 Å². The van der Waals surface area contributed by atoms with Crippen molar-refractivity contribution in [1.82, 2.24) is 5.32 Å². The number of nitrogens with two attached hydrogens (primary N) is 1. The van der Waals surface area contributed by atoms with Crippen LogP contribution in [0.3, 0.4) is 0 Å². The molecule has 2 unspecified atom stereocenters. The quantitative estimate of drug-likeness (QED) is 0.0340. The van der Waals surface area contributed by atoms with Gasteiger partial charge in [0.15, 0.2) is 0 Å². The van der Waals surface area contributed by atoms with Crippen molar-refractivity contribution in [3.05, 3.63) is 85.1 Å². The summed E-state index contributed by atoms with van der Waals surface area (Å²) in [6, 6.07) is -0.863. The van der Waals surface area contributed by atoms with Gasteiger partial charge in [-0.25, -0.2) is 4.79 Å². The van der Waals surface area contributed by atoms with E-state index in [0.717, 1.165) is 122 Å². The van der Waals surface area contributed by atoms with Crippen molar-refractivity contribution in [2.24, 2.45) is 5.73 Å². The summed E-state index contributed by atoms with van der Waals surface area (Å²) < 4.78 is 5.90. The third-order valence-electron chi connectivity index (χ3n) is 8.44. The van der Waals surface area contributed by atoms with E-state index in [1.165, 1.54) is 0 Å². The van der Waals surface area contributed by atoms with Crippen LogP contribution in [0.5, 0.6) is 0 Å². The van der Waals surface area contributed by atoms with Crippen molar-refractivity contribution in [2.45, 2.75) is 174 Å². The smallest absolute Gasteiger partial charge is 0.326 e. The van der Waals surface area contributed by atoms with E-state index >= 15 is 0 Å². The van der Waals surface area contributed by atoms with Crippen molar-refractivity contribution in [3.63, 3.8) is 0 Å². The lowest BCUT2D eigenvalue weighted by Gasteiger charge is -2.15. The van der Waals surface area contributed by atoms with Crippen LogP contribution in [0.15, 0.2) is 85.1 Å². The number of nitrogens with one attached hydrogen (secondary N) is 1. The summed E-state index contributed by atoms with van der Waals surface area (Å²) in [5.74, 6) is -1.34. The van der Waals surface area contributed by atoms with Gasteiger partial charge in [-0.1, -0.05) is 131 Å². The topological polar surface area (TPSA) is 119 Å². The highest BCUT2D eigenvalue weighted by atomic mass is 16.5. The maximum absolute atomic E-state index is 12.7. The normalized spacial score (nSPS) is 13.6. The minimum absolute atomic E-state index is 0.111. The van der Waals surface area contributed by atoms with Crippen molar-refractivity contribution >= 4 is 17.8 Å². The van der Waals surface area contributed by atoms with Gasteiger partial charge >= 0.3 is 11.9 Å². The monoisotopic (exact) mass is 723 g/mol. The van der Waals surface area contributed by atoms with Crippen LogP contribution in [-0.4, -0.2) is 41.6 Å². The molecule has 0 bridgehead atoms. The Labute approximate surface area is 317 Å². The summed E-state index contributed by atoms with van der Waals surface area (Å²) in [5, 5.41) is 11.9. The number of carboxylic acids is 1. The fourth-order valence-corrected chi connectivity index (χ4v) is 5.43. The predicted octanol–water partition coefficient (Wildman–Crippen LogP) is 11.3. The summed E-state index contributed by atoms with van der Waals surface area (Å²) in [6.07, 6.45) is 50.8. The molecule has 7 nitrogen and oxygen atoms in total. The molecule has 52 heavy (non-hydrogen) atoms. The molecule has 0 aliphatic heterocycles. The maximum atomic E-state index is 12.7. The molecular weight excluding hydrogens is 649 g/mol. The molecule has 0 radical (unpaired) electrons. The Morgan fingerprint density at radius 3 is 1.62 bits per heavy atom. The van der Waals surface area contributed by atoms with Gasteiger partial charge in [0.25, 0.3) is 0 Å². The minimum Gasteiger partial charge on any atom is -0.480 e. The molecule has 0 fully saturated rings. The number of carbonyl (C=O) groups excluding carboxylic acids is 2. The molecule has 0 aromatic carbocycles. The van der Waals surface area contributed by atoms with Gasteiger partial charge in [-0.3, -0.25) is 9.59 Å². The molecule has 0 rings (SSSR count). The van der Waals surface area contributed by atoms with Crippen molar-refractivity contribution in [2.75, 3.05) is 6.54 Å². The van der Waals surface area contributed by atoms with Crippen LogP contribution >= 0.6 is 0 Å². The first-order valence-corrected chi connectivity index (χ1v) is 20.4. The standard InChI is InChI=1S/C45H74N2O5/c1-3-5-7-9-11-13-14-15-16-17-18-19-20-21-23-29-33-39-44(49)52-41(35-30-26-22-12-10-8-6-4-2)36-31-27-24-25-28-32-38-43(48)47-42(45(50)51)37-34-40-46/h5-8,11-13,15-16,18-19,22,30,35,41-42H,3-4,9-10,14,17,20-21,23-29,31-34,36-40,46H2,1-2H3,(H,47,48)(H,50,51)/b7-5-,8-6-,13-11-,16-15-,19-18-,22-12-,35-30-. The van der Waals surface area contributed by atoms with E-state index in [2.05, 4.69) is 98.2 Å². The second kappa shape index (κ2) is 38.8. The summed E-state index contributed by atoms with van der Waals surface area (Å²) >= 11 is 0. The average Bonchev–Trinajstić information content (AvgIpc) is 3.13. The number of ether oxygens (including phenoxy) is 1. The fraction of sp³-hybridized carbons (Fsp3) is 0.622. The summed E-state index contributed by atoms with van der Waals surface area (Å²) in [5.41, 5.74) is 5.47. The van der Waals surface area contributed by atoms with Crippen LogP contribution in [0.25, 0.3) is 0 Å². The SMILES string of the molecule is CC/C=C\C/C=C\C/C=C\C/C=C\CCCCCCC(=O)OC(/C=C\C/C=C\C/C=C\CC)CCCCCCCCC(=O)NC(CCCN)C(=O)O. The van der Waals surface area contributed by atoms with Gasteiger partial charge in [0.2, 0.25) is 5.91 Å². The highest BCUT2D eigenvalue weighted by Gasteiger charge is 2.18. The van der Waals surface area contributed by atoms with Gasteiger partial charge in [-0.15, -0.1) is 0 Å². The molecule has 0 spiro atoms. The van der Waals surface area contributed by atoms with Crippen LogP contribution in [0.2, 0.25) is 0 Å². The predicted molar refractivity (Wildman–Crippen MR) is 220 cm³/mol. The largest absolute Gasteiger partial charge is 0.480 e. The number of unbranched alkanes of at least 4 members (excludes halogenated alkanes) is 9. The van der Waals surface area contributed by atoms with E-state index in [1.54, 1.807) is 0 Å². The van der Waals surface area contributed by atoms with Gasteiger partial charge < -0.3 is 20.9 Å². The molecule has 0 aliphatic carbocycles. The Morgan fingerprint density at radius 1 is 0.577 bits per heavy atom. The number of allylic oxidation sites excluding steroid dienone is 13. The van der Waals surface area contributed by atoms with E-state index in [9.17, 15) is 19.5 Å². The zero-order valence-electron chi connectivity index (χ0n) is 32.9. The van der Waals surface area contributed by atoms with E-state index < -0.39 is 12.0 Å². The van der Waals surface area contributed by atoms with Crippen LogP contribution in [0.1, 0.15) is 162 Å². The van der Waals surface area contributed by atoms with E-state index in [-0.39, 0.29) is 18.0 Å². The number of rotatable bonds is 35. The Morgan fingerprint density at radius 2 is 1.06 bits per heavy atom. The van der Waals surface area contributed by atoms with Crippen LogP contribution in [0, 0.1) is 0 Å². The fourth-order valence-electron chi connectivity index (χ4n) is 5.43. The Balaban J connectivity index is 4.35. The minimum atomic E-state index is -1.01. The zero-order valence-corrected chi connectivity index (χ0v) is 32.9. The lowest BCUT2D eigenvalue weighted by molar-refractivity contribution is -0.147. The average molecular weight is 723 g/mol. The molecule has 0 heterocycles. The first kappa shape index (κ1) is 48.5. The number of carbonyl (C=O) groups is 3. The van der Waals surface area contributed by atoms with Crippen molar-refractivity contribution < 1.29 is 24.2 Å². The second-order valence-electron chi connectivity index (χ2n) is 13.3. The Hall–Kier alpha value is -3.45. The number of hydrogen-bond donors (Lipinski definition) is 3. The van der Waals surface area contributed by atoms with E-state index in [1.807, 2.05) is 6.08 Å². The van der Waals surface area contributed by atoms with Crippen LogP contribution < -0.4 is 11.1 Å². The van der Waals surface area contributed by atoms with Crippen LogP contribution in [-0.2, 0) is 19.1 Å². The molecule has 0 saturated carbocycles. The molecule has 294 valence electrons. The maximum Gasteiger partial charge on any atom is 0.326 e. The first-order chi connectivity index (χ1) is 25.4. The van der Waals surface area contributed by atoms with E-state index in [4.69, 9.17) is 10.5 Å².